The van der Waals surface area contributed by atoms with Crippen LogP contribution in [0, 0.1) is 15.4 Å². The van der Waals surface area contributed by atoms with E-state index >= 15 is 0 Å². The van der Waals surface area contributed by atoms with Crippen LogP contribution in [0.5, 0.6) is 0 Å². The Balaban J connectivity index is 1.53. The Bertz CT molecular complexity index is 412. The van der Waals surface area contributed by atoms with Gasteiger partial charge < -0.3 is 5.11 Å². The molecule has 0 aromatic heterocycles. The van der Waals surface area contributed by atoms with Crippen LogP contribution in [0.2, 0.25) is 0 Å². The molecule has 2 aliphatic carbocycles. The van der Waals surface area contributed by atoms with Gasteiger partial charge in [0, 0.05) is 3.57 Å². The highest BCUT2D eigenvalue weighted by Crippen LogP contribution is 2.42. The zero-order valence-electron chi connectivity index (χ0n) is 12.1. The van der Waals surface area contributed by atoms with Crippen molar-refractivity contribution in [3.8, 4) is 0 Å². The van der Waals surface area contributed by atoms with Crippen molar-refractivity contribution in [2.45, 2.75) is 63.4 Å². The van der Waals surface area contributed by atoms with Crippen LogP contribution in [0.3, 0.4) is 0 Å². The highest BCUT2D eigenvalue weighted by Gasteiger charge is 2.30. The minimum atomic E-state index is -0.00520. The predicted molar refractivity (Wildman–Crippen MR) is 91.8 cm³/mol. The zero-order valence-corrected chi connectivity index (χ0v) is 14.3. The molecule has 110 valence electrons. The van der Waals surface area contributed by atoms with E-state index < -0.39 is 0 Å². The van der Waals surface area contributed by atoms with Gasteiger partial charge in [-0.05, 0) is 109 Å². The van der Waals surface area contributed by atoms with Crippen LogP contribution >= 0.6 is 22.6 Å². The van der Waals surface area contributed by atoms with Gasteiger partial charge in [0.2, 0.25) is 0 Å². The molecular weight excluding hydrogens is 359 g/mol. The molecule has 1 N–H and O–H groups in total. The fourth-order valence-corrected chi connectivity index (χ4v) is 4.59. The fraction of sp³-hybridized carbons (Fsp3) is 0.667. The highest BCUT2D eigenvalue weighted by molar-refractivity contribution is 14.1. The van der Waals surface area contributed by atoms with Gasteiger partial charge in [0.05, 0.1) is 6.10 Å². The topological polar surface area (TPSA) is 20.2 Å². The maximum absolute atomic E-state index is 9.64. The summed E-state index contributed by atoms with van der Waals surface area (Å²) in [5.41, 5.74) is 1.54. The SMILES string of the molecule is OC1CCC(C2CCC(c3ccc(I)cc3)CC2)CC1. The number of aliphatic hydroxyl groups excluding tert-OH is 1. The number of benzene rings is 1. The van der Waals surface area contributed by atoms with Gasteiger partial charge in [-0.15, -0.1) is 0 Å². The average Bonchev–Trinajstić information content (AvgIpc) is 2.49. The summed E-state index contributed by atoms with van der Waals surface area (Å²) in [7, 11) is 0. The zero-order chi connectivity index (χ0) is 13.9. The van der Waals surface area contributed by atoms with Gasteiger partial charge in [-0.1, -0.05) is 12.1 Å². The van der Waals surface area contributed by atoms with E-state index in [2.05, 4.69) is 46.9 Å². The van der Waals surface area contributed by atoms with Crippen LogP contribution in [0.4, 0.5) is 0 Å². The molecule has 0 unspecified atom stereocenters. The molecule has 1 aromatic carbocycles. The highest BCUT2D eigenvalue weighted by atomic mass is 127. The molecule has 3 rings (SSSR count). The smallest absolute Gasteiger partial charge is 0.0540 e. The van der Waals surface area contributed by atoms with E-state index in [4.69, 9.17) is 0 Å². The van der Waals surface area contributed by atoms with Crippen LogP contribution in [0.25, 0.3) is 0 Å². The molecule has 0 heterocycles. The monoisotopic (exact) mass is 384 g/mol. The van der Waals surface area contributed by atoms with Crippen molar-refractivity contribution in [2.75, 3.05) is 0 Å². The molecule has 0 radical (unpaired) electrons. The Morgan fingerprint density at radius 3 is 1.80 bits per heavy atom. The lowest BCUT2D eigenvalue weighted by molar-refractivity contribution is 0.0805. The molecule has 0 bridgehead atoms. The number of hydrogen-bond acceptors (Lipinski definition) is 1. The lowest BCUT2D eigenvalue weighted by Crippen LogP contribution is -2.26. The summed E-state index contributed by atoms with van der Waals surface area (Å²) < 4.78 is 1.33. The van der Waals surface area contributed by atoms with Gasteiger partial charge in [0.1, 0.15) is 0 Å². The minimum Gasteiger partial charge on any atom is -0.393 e. The van der Waals surface area contributed by atoms with Gasteiger partial charge in [-0.25, -0.2) is 0 Å². The quantitative estimate of drug-likeness (QED) is 0.702. The fourth-order valence-electron chi connectivity index (χ4n) is 4.23. The largest absolute Gasteiger partial charge is 0.393 e. The van der Waals surface area contributed by atoms with Crippen molar-refractivity contribution in [1.29, 1.82) is 0 Å². The standard InChI is InChI=1S/C18H25IO/c19-17-9-5-15(6-10-17)13-1-3-14(4-2-13)16-7-11-18(20)12-8-16/h5-6,9-10,13-14,16,18,20H,1-4,7-8,11-12H2. The summed E-state index contributed by atoms with van der Waals surface area (Å²) in [4.78, 5) is 0. The van der Waals surface area contributed by atoms with E-state index in [1.54, 1.807) is 5.56 Å². The van der Waals surface area contributed by atoms with Crippen molar-refractivity contribution >= 4 is 22.6 Å². The van der Waals surface area contributed by atoms with Crippen molar-refractivity contribution in [2.24, 2.45) is 11.8 Å². The summed E-state index contributed by atoms with van der Waals surface area (Å²) in [5, 5.41) is 9.64. The van der Waals surface area contributed by atoms with Crippen molar-refractivity contribution < 1.29 is 5.11 Å². The molecule has 0 spiro atoms. The van der Waals surface area contributed by atoms with E-state index in [0.29, 0.717) is 0 Å². The first-order valence-corrected chi connectivity index (χ1v) is 9.24. The maximum Gasteiger partial charge on any atom is 0.0540 e. The van der Waals surface area contributed by atoms with E-state index in [-0.39, 0.29) is 6.10 Å². The Labute approximate surface area is 136 Å². The molecule has 1 nitrogen and oxygen atoms in total. The first-order valence-electron chi connectivity index (χ1n) is 8.16. The normalized spacial score (nSPS) is 34.9. The van der Waals surface area contributed by atoms with Gasteiger partial charge in [0.25, 0.3) is 0 Å². The van der Waals surface area contributed by atoms with Crippen LogP contribution < -0.4 is 0 Å². The Morgan fingerprint density at radius 1 is 0.750 bits per heavy atom. The van der Waals surface area contributed by atoms with E-state index in [9.17, 15) is 5.11 Å². The van der Waals surface area contributed by atoms with Gasteiger partial charge >= 0.3 is 0 Å². The Kier molecular flexibility index (Phi) is 5.03. The third kappa shape index (κ3) is 3.56. The molecule has 20 heavy (non-hydrogen) atoms. The number of halogens is 1. The lowest BCUT2D eigenvalue weighted by atomic mass is 9.69. The molecule has 2 heteroatoms. The minimum absolute atomic E-state index is 0.00520. The maximum atomic E-state index is 9.64. The second-order valence-electron chi connectivity index (χ2n) is 6.73. The summed E-state index contributed by atoms with van der Waals surface area (Å²) in [6.07, 6.45) is 10.1. The molecule has 2 saturated carbocycles. The van der Waals surface area contributed by atoms with Gasteiger partial charge in [-0.3, -0.25) is 0 Å². The molecule has 1 aromatic rings. The van der Waals surface area contributed by atoms with Crippen LogP contribution in [-0.2, 0) is 0 Å². The molecular formula is C18H25IO. The summed E-state index contributed by atoms with van der Waals surface area (Å²) in [6.45, 7) is 0. The molecule has 0 saturated heterocycles. The second-order valence-corrected chi connectivity index (χ2v) is 7.98. The van der Waals surface area contributed by atoms with Crippen LogP contribution in [0.1, 0.15) is 62.8 Å². The first kappa shape index (κ1) is 14.8. The van der Waals surface area contributed by atoms with E-state index in [0.717, 1.165) is 30.6 Å². The summed E-state index contributed by atoms with van der Waals surface area (Å²) in [6, 6.07) is 9.13. The summed E-state index contributed by atoms with van der Waals surface area (Å²) >= 11 is 2.38. The summed E-state index contributed by atoms with van der Waals surface area (Å²) in [5.74, 6) is 2.62. The van der Waals surface area contributed by atoms with Crippen molar-refractivity contribution in [1.82, 2.24) is 0 Å². The van der Waals surface area contributed by atoms with Crippen LogP contribution in [-0.4, -0.2) is 11.2 Å². The lowest BCUT2D eigenvalue weighted by Gasteiger charge is -2.37. The molecule has 0 atom stereocenters. The molecule has 0 aliphatic heterocycles. The Hall–Kier alpha value is -0.0900. The third-order valence-electron chi connectivity index (χ3n) is 5.52. The number of rotatable bonds is 2. The Morgan fingerprint density at radius 2 is 1.25 bits per heavy atom. The molecule has 2 fully saturated rings. The average molecular weight is 384 g/mol. The predicted octanol–water partition coefficient (Wildman–Crippen LogP) is 5.12. The van der Waals surface area contributed by atoms with E-state index in [1.165, 1.54) is 42.1 Å². The molecule has 2 aliphatic rings. The number of aliphatic hydroxyl groups is 1. The van der Waals surface area contributed by atoms with Gasteiger partial charge in [0.15, 0.2) is 0 Å². The van der Waals surface area contributed by atoms with E-state index in [1.807, 2.05) is 0 Å². The first-order chi connectivity index (χ1) is 9.72. The third-order valence-corrected chi connectivity index (χ3v) is 6.24. The van der Waals surface area contributed by atoms with Crippen molar-refractivity contribution in [3.63, 3.8) is 0 Å². The van der Waals surface area contributed by atoms with Crippen molar-refractivity contribution in [3.05, 3.63) is 33.4 Å². The second kappa shape index (κ2) is 6.78. The van der Waals surface area contributed by atoms with Gasteiger partial charge in [-0.2, -0.15) is 0 Å². The van der Waals surface area contributed by atoms with Crippen LogP contribution in [0.15, 0.2) is 24.3 Å². The number of hydrogen-bond donors (Lipinski definition) is 1. The molecule has 0 amide bonds.